The van der Waals surface area contributed by atoms with Crippen LogP contribution in [0.3, 0.4) is 0 Å². The van der Waals surface area contributed by atoms with Crippen LogP contribution in [0.4, 0.5) is 13.2 Å². The molecule has 0 amide bonds. The van der Waals surface area contributed by atoms with Crippen LogP contribution < -0.4 is 5.32 Å². The molecule has 0 radical (unpaired) electrons. The van der Waals surface area contributed by atoms with Gasteiger partial charge in [-0.05, 0) is 35.0 Å². The second kappa shape index (κ2) is 7.83. The van der Waals surface area contributed by atoms with Crippen LogP contribution in [-0.2, 0) is 4.74 Å². The van der Waals surface area contributed by atoms with Gasteiger partial charge in [-0.3, -0.25) is 0 Å². The Morgan fingerprint density at radius 1 is 1.53 bits per heavy atom. The van der Waals surface area contributed by atoms with Crippen molar-refractivity contribution in [3.05, 3.63) is 19.8 Å². The Hall–Kier alpha value is 0.180. The third-order valence-electron chi connectivity index (χ3n) is 2.27. The molecule has 110 valence electrons. The third-order valence-corrected chi connectivity index (χ3v) is 4.86. The SMILES string of the molecule is CCNC(CCOCC(F)(F)F)c1cc(Cl)c(Br)s1. The van der Waals surface area contributed by atoms with Gasteiger partial charge in [-0.15, -0.1) is 11.3 Å². The van der Waals surface area contributed by atoms with Crippen LogP contribution in [0, 0.1) is 0 Å². The van der Waals surface area contributed by atoms with Gasteiger partial charge in [-0.2, -0.15) is 13.2 Å². The van der Waals surface area contributed by atoms with E-state index in [4.69, 9.17) is 11.6 Å². The molecule has 1 N–H and O–H groups in total. The van der Waals surface area contributed by atoms with Gasteiger partial charge in [0.25, 0.3) is 0 Å². The van der Waals surface area contributed by atoms with Gasteiger partial charge in [-0.25, -0.2) is 0 Å². The van der Waals surface area contributed by atoms with Crippen molar-refractivity contribution in [2.45, 2.75) is 25.6 Å². The summed E-state index contributed by atoms with van der Waals surface area (Å²) in [4.78, 5) is 0.981. The number of nitrogens with one attached hydrogen (secondary N) is 1. The van der Waals surface area contributed by atoms with E-state index in [1.54, 1.807) is 0 Å². The minimum absolute atomic E-state index is 0.0459. The predicted molar refractivity (Wildman–Crippen MR) is 74.9 cm³/mol. The first kappa shape index (κ1) is 17.2. The Balaban J connectivity index is 2.49. The summed E-state index contributed by atoms with van der Waals surface area (Å²) in [5.41, 5.74) is 0. The van der Waals surface area contributed by atoms with Gasteiger partial charge < -0.3 is 10.1 Å². The van der Waals surface area contributed by atoms with Crippen LogP contribution >= 0.6 is 38.9 Å². The van der Waals surface area contributed by atoms with E-state index in [9.17, 15) is 13.2 Å². The standard InChI is InChI=1S/C11H14BrClF3NOS/c1-2-17-8(3-4-18-6-11(14,15)16)9-5-7(13)10(12)19-9/h5,8,17H,2-4,6H2,1H3. The summed E-state index contributed by atoms with van der Waals surface area (Å²) in [5.74, 6) is 0. The van der Waals surface area contributed by atoms with Gasteiger partial charge >= 0.3 is 6.18 Å². The molecule has 0 aliphatic carbocycles. The average Bonchev–Trinajstić information content (AvgIpc) is 2.62. The number of hydrogen-bond donors (Lipinski definition) is 1. The zero-order valence-electron chi connectivity index (χ0n) is 10.2. The zero-order chi connectivity index (χ0) is 14.5. The Labute approximate surface area is 127 Å². The van der Waals surface area contributed by atoms with E-state index >= 15 is 0 Å². The highest BCUT2D eigenvalue weighted by atomic mass is 79.9. The minimum atomic E-state index is -4.27. The predicted octanol–water partition coefficient (Wildman–Crippen LogP) is 4.78. The van der Waals surface area contributed by atoms with E-state index in [0.717, 1.165) is 15.2 Å². The van der Waals surface area contributed by atoms with Gasteiger partial charge in [-0.1, -0.05) is 18.5 Å². The highest BCUT2D eigenvalue weighted by Crippen LogP contribution is 2.36. The second-order valence-corrected chi connectivity index (χ2v) is 6.65. The van der Waals surface area contributed by atoms with Crippen molar-refractivity contribution < 1.29 is 17.9 Å². The number of thiophene rings is 1. The Kier molecular flexibility index (Phi) is 7.10. The van der Waals surface area contributed by atoms with E-state index in [1.807, 2.05) is 13.0 Å². The molecule has 1 rings (SSSR count). The minimum Gasteiger partial charge on any atom is -0.372 e. The Morgan fingerprint density at radius 3 is 2.68 bits per heavy atom. The molecule has 1 heterocycles. The molecule has 0 saturated carbocycles. The summed E-state index contributed by atoms with van der Waals surface area (Å²) < 4.78 is 41.3. The van der Waals surface area contributed by atoms with Crippen LogP contribution in [0.2, 0.25) is 5.02 Å². The lowest BCUT2D eigenvalue weighted by Gasteiger charge is -2.16. The summed E-state index contributed by atoms with van der Waals surface area (Å²) in [6.45, 7) is 1.50. The van der Waals surface area contributed by atoms with Gasteiger partial charge in [0, 0.05) is 17.5 Å². The molecule has 1 aromatic rings. The fraction of sp³-hybridized carbons (Fsp3) is 0.636. The maximum atomic E-state index is 11.9. The van der Waals surface area contributed by atoms with Crippen LogP contribution in [0.1, 0.15) is 24.3 Å². The van der Waals surface area contributed by atoms with Crippen molar-refractivity contribution >= 4 is 38.9 Å². The molecule has 1 atom stereocenters. The monoisotopic (exact) mass is 379 g/mol. The average molecular weight is 381 g/mol. The van der Waals surface area contributed by atoms with Crippen molar-refractivity contribution in [3.63, 3.8) is 0 Å². The van der Waals surface area contributed by atoms with Crippen molar-refractivity contribution in [3.8, 4) is 0 Å². The number of rotatable bonds is 7. The molecule has 0 aromatic carbocycles. The van der Waals surface area contributed by atoms with Crippen molar-refractivity contribution in [2.75, 3.05) is 19.8 Å². The molecule has 0 spiro atoms. The summed E-state index contributed by atoms with van der Waals surface area (Å²) >= 11 is 10.7. The van der Waals surface area contributed by atoms with E-state index in [1.165, 1.54) is 11.3 Å². The molecule has 0 aliphatic rings. The molecule has 19 heavy (non-hydrogen) atoms. The summed E-state index contributed by atoms with van der Waals surface area (Å²) in [7, 11) is 0. The smallest absolute Gasteiger partial charge is 0.372 e. The molecular weight excluding hydrogens is 367 g/mol. The lowest BCUT2D eigenvalue weighted by molar-refractivity contribution is -0.174. The van der Waals surface area contributed by atoms with E-state index < -0.39 is 12.8 Å². The lowest BCUT2D eigenvalue weighted by Crippen LogP contribution is -2.23. The number of alkyl halides is 3. The molecule has 1 unspecified atom stereocenters. The highest BCUT2D eigenvalue weighted by Gasteiger charge is 2.27. The summed E-state index contributed by atoms with van der Waals surface area (Å²) in [5, 5.41) is 3.82. The van der Waals surface area contributed by atoms with E-state index in [-0.39, 0.29) is 12.6 Å². The van der Waals surface area contributed by atoms with Crippen LogP contribution in [-0.4, -0.2) is 25.9 Å². The summed E-state index contributed by atoms with van der Waals surface area (Å²) in [6.07, 6.45) is -3.81. The Morgan fingerprint density at radius 2 is 2.21 bits per heavy atom. The summed E-state index contributed by atoms with van der Waals surface area (Å²) in [6, 6.07) is 1.76. The van der Waals surface area contributed by atoms with Crippen molar-refractivity contribution in [1.29, 1.82) is 0 Å². The third kappa shape index (κ3) is 6.44. The number of ether oxygens (including phenoxy) is 1. The van der Waals surface area contributed by atoms with Gasteiger partial charge in [0.2, 0.25) is 0 Å². The van der Waals surface area contributed by atoms with E-state index in [0.29, 0.717) is 11.4 Å². The number of hydrogen-bond acceptors (Lipinski definition) is 3. The van der Waals surface area contributed by atoms with Crippen LogP contribution in [0.15, 0.2) is 9.85 Å². The molecule has 0 bridgehead atoms. The highest BCUT2D eigenvalue weighted by molar-refractivity contribution is 9.11. The van der Waals surface area contributed by atoms with Crippen molar-refractivity contribution in [1.82, 2.24) is 5.32 Å². The van der Waals surface area contributed by atoms with E-state index in [2.05, 4.69) is 26.0 Å². The van der Waals surface area contributed by atoms with Gasteiger partial charge in [0.05, 0.1) is 8.81 Å². The fourth-order valence-corrected chi connectivity index (χ4v) is 3.37. The molecule has 0 aliphatic heterocycles. The maximum Gasteiger partial charge on any atom is 0.411 e. The zero-order valence-corrected chi connectivity index (χ0v) is 13.3. The Bertz CT molecular complexity index is 380. The quantitative estimate of drug-likeness (QED) is 0.687. The number of halogens is 5. The maximum absolute atomic E-state index is 11.9. The first-order chi connectivity index (χ1) is 8.83. The molecule has 0 saturated heterocycles. The largest absolute Gasteiger partial charge is 0.411 e. The molecule has 8 heteroatoms. The lowest BCUT2D eigenvalue weighted by atomic mass is 10.2. The second-order valence-electron chi connectivity index (χ2n) is 3.84. The first-order valence-electron chi connectivity index (χ1n) is 5.66. The normalized spacial score (nSPS) is 13.8. The first-order valence-corrected chi connectivity index (χ1v) is 7.65. The fourth-order valence-electron chi connectivity index (χ4n) is 1.52. The van der Waals surface area contributed by atoms with Crippen LogP contribution in [0.25, 0.3) is 0 Å². The van der Waals surface area contributed by atoms with Crippen molar-refractivity contribution in [2.24, 2.45) is 0 Å². The van der Waals surface area contributed by atoms with Crippen LogP contribution in [0.5, 0.6) is 0 Å². The molecule has 0 fully saturated rings. The molecule has 2 nitrogen and oxygen atoms in total. The topological polar surface area (TPSA) is 21.3 Å². The molecular formula is C11H14BrClF3NOS. The molecule has 1 aromatic heterocycles. The van der Waals surface area contributed by atoms with Gasteiger partial charge in [0.1, 0.15) is 6.61 Å². The van der Waals surface area contributed by atoms with Gasteiger partial charge in [0.15, 0.2) is 0 Å².